The van der Waals surface area contributed by atoms with Crippen molar-refractivity contribution in [3.63, 3.8) is 0 Å². The van der Waals surface area contributed by atoms with E-state index >= 15 is 0 Å². The monoisotopic (exact) mass is 469 g/mol. The molecule has 1 unspecified atom stereocenters. The average Bonchev–Trinajstić information content (AvgIpc) is 3.09. The number of aliphatic hydroxyl groups is 1. The van der Waals surface area contributed by atoms with Gasteiger partial charge >= 0.3 is 6.36 Å². The van der Waals surface area contributed by atoms with Crippen molar-refractivity contribution in [1.82, 2.24) is 0 Å². The maximum atomic E-state index is 13.1. The van der Waals surface area contributed by atoms with Gasteiger partial charge in [-0.05, 0) is 29.8 Å². The van der Waals surface area contributed by atoms with Crippen molar-refractivity contribution < 1.29 is 37.3 Å². The highest BCUT2D eigenvalue weighted by molar-refractivity contribution is 6.51. The number of nitrogens with zero attached hydrogens (tertiary/aromatic N) is 1. The fraction of sp³-hybridized carbons (Fsp3) is 0.120. The van der Waals surface area contributed by atoms with E-state index in [4.69, 9.17) is 4.74 Å². The van der Waals surface area contributed by atoms with Gasteiger partial charge in [0.1, 0.15) is 17.3 Å². The highest BCUT2D eigenvalue weighted by Crippen LogP contribution is 2.43. The first-order chi connectivity index (χ1) is 16.2. The molecule has 0 radical (unpaired) electrons. The molecule has 174 valence electrons. The minimum atomic E-state index is -4.94. The Kier molecular flexibility index (Phi) is 6.02. The molecule has 34 heavy (non-hydrogen) atoms. The Labute approximate surface area is 192 Å². The van der Waals surface area contributed by atoms with Crippen molar-refractivity contribution in [3.05, 3.63) is 95.6 Å². The third kappa shape index (κ3) is 4.45. The number of alkyl halides is 3. The molecule has 0 saturated carbocycles. The Bertz CT molecular complexity index is 1270. The molecule has 1 heterocycles. The number of Topliss-reactive ketones (excluding diaryl/α,β-unsaturated/α-hetero) is 1. The van der Waals surface area contributed by atoms with E-state index in [1.807, 2.05) is 0 Å². The number of halogens is 3. The molecule has 1 atom stereocenters. The molecule has 1 saturated heterocycles. The molecule has 3 aromatic rings. The van der Waals surface area contributed by atoms with Crippen LogP contribution in [0.3, 0.4) is 0 Å². The lowest BCUT2D eigenvalue weighted by atomic mass is 9.95. The number of hydrogen-bond donors (Lipinski definition) is 1. The minimum Gasteiger partial charge on any atom is -0.507 e. The zero-order chi connectivity index (χ0) is 24.5. The first-order valence-corrected chi connectivity index (χ1v) is 10.1. The van der Waals surface area contributed by atoms with E-state index in [0.29, 0.717) is 16.9 Å². The van der Waals surface area contributed by atoms with Crippen LogP contribution in [0.2, 0.25) is 0 Å². The first kappa shape index (κ1) is 22.9. The van der Waals surface area contributed by atoms with Crippen molar-refractivity contribution in [3.8, 4) is 11.5 Å². The number of carbonyl (C=O) groups is 2. The highest BCUT2D eigenvalue weighted by atomic mass is 19.4. The van der Waals surface area contributed by atoms with Crippen LogP contribution in [0.15, 0.2) is 84.4 Å². The number of anilines is 1. The zero-order valence-corrected chi connectivity index (χ0v) is 17.7. The first-order valence-electron chi connectivity index (χ1n) is 10.1. The second-order valence-corrected chi connectivity index (χ2v) is 7.36. The SMILES string of the molecule is COc1cccc(C2/C(=C(\O)c3ccccc3)C(=O)C(=O)N2c2cccc(OC(F)(F)F)c2)c1. The Hall–Kier alpha value is -4.27. The summed E-state index contributed by atoms with van der Waals surface area (Å²) in [7, 11) is 1.44. The number of methoxy groups -OCH3 is 1. The lowest BCUT2D eigenvalue weighted by Gasteiger charge is -2.26. The summed E-state index contributed by atoms with van der Waals surface area (Å²) < 4.78 is 47.5. The smallest absolute Gasteiger partial charge is 0.507 e. The number of rotatable bonds is 5. The average molecular weight is 469 g/mol. The van der Waals surface area contributed by atoms with Gasteiger partial charge in [-0.25, -0.2) is 0 Å². The number of hydrogen-bond acceptors (Lipinski definition) is 5. The second-order valence-electron chi connectivity index (χ2n) is 7.36. The molecule has 3 aromatic carbocycles. The van der Waals surface area contributed by atoms with Crippen LogP contribution in [0.4, 0.5) is 18.9 Å². The van der Waals surface area contributed by atoms with Gasteiger partial charge < -0.3 is 14.6 Å². The predicted octanol–water partition coefficient (Wildman–Crippen LogP) is 5.22. The molecule has 0 bridgehead atoms. The van der Waals surface area contributed by atoms with E-state index in [-0.39, 0.29) is 11.3 Å². The van der Waals surface area contributed by atoms with E-state index in [0.717, 1.165) is 17.0 Å². The topological polar surface area (TPSA) is 76.1 Å². The van der Waals surface area contributed by atoms with Crippen molar-refractivity contribution in [2.24, 2.45) is 0 Å². The van der Waals surface area contributed by atoms with Crippen LogP contribution in [-0.2, 0) is 9.59 Å². The van der Waals surface area contributed by atoms with E-state index in [9.17, 15) is 27.9 Å². The maximum absolute atomic E-state index is 13.1. The van der Waals surface area contributed by atoms with Crippen LogP contribution in [0.25, 0.3) is 5.76 Å². The van der Waals surface area contributed by atoms with Crippen molar-refractivity contribution in [2.45, 2.75) is 12.4 Å². The largest absolute Gasteiger partial charge is 0.573 e. The van der Waals surface area contributed by atoms with Crippen molar-refractivity contribution in [1.29, 1.82) is 0 Å². The summed E-state index contributed by atoms with van der Waals surface area (Å²) in [5.74, 6) is -2.51. The van der Waals surface area contributed by atoms with E-state index < -0.39 is 35.6 Å². The molecule has 1 aliphatic heterocycles. The summed E-state index contributed by atoms with van der Waals surface area (Å²) in [4.78, 5) is 27.3. The van der Waals surface area contributed by atoms with Gasteiger partial charge in [0.05, 0.1) is 18.7 Å². The molecule has 0 aliphatic carbocycles. The van der Waals surface area contributed by atoms with Crippen LogP contribution >= 0.6 is 0 Å². The third-order valence-corrected chi connectivity index (χ3v) is 5.23. The lowest BCUT2D eigenvalue weighted by Crippen LogP contribution is -2.29. The minimum absolute atomic E-state index is 0.0104. The number of ether oxygens (including phenoxy) is 2. The van der Waals surface area contributed by atoms with Gasteiger partial charge in [0.25, 0.3) is 11.7 Å². The molecule has 1 amide bonds. The number of ketones is 1. The number of aliphatic hydroxyl groups excluding tert-OH is 1. The Morgan fingerprint density at radius 3 is 2.26 bits per heavy atom. The molecule has 9 heteroatoms. The number of carbonyl (C=O) groups excluding carboxylic acids is 2. The van der Waals surface area contributed by atoms with Gasteiger partial charge in [-0.1, -0.05) is 48.5 Å². The summed E-state index contributed by atoms with van der Waals surface area (Å²) in [6.07, 6.45) is -4.94. The van der Waals surface area contributed by atoms with Crippen molar-refractivity contribution in [2.75, 3.05) is 12.0 Å². The summed E-state index contributed by atoms with van der Waals surface area (Å²) in [6.45, 7) is 0. The summed E-state index contributed by atoms with van der Waals surface area (Å²) in [6, 6.07) is 18.3. The molecule has 4 rings (SSSR count). The molecule has 1 fully saturated rings. The van der Waals surface area contributed by atoms with Gasteiger partial charge in [-0.2, -0.15) is 0 Å². The summed E-state index contributed by atoms with van der Waals surface area (Å²) in [5, 5.41) is 11.0. The van der Waals surface area contributed by atoms with Crippen LogP contribution in [0.5, 0.6) is 11.5 Å². The Morgan fingerprint density at radius 2 is 1.59 bits per heavy atom. The number of benzene rings is 3. The van der Waals surface area contributed by atoms with E-state index in [1.54, 1.807) is 54.6 Å². The molecular weight excluding hydrogens is 451 g/mol. The normalized spacial score (nSPS) is 17.6. The molecule has 0 aromatic heterocycles. The fourth-order valence-electron chi connectivity index (χ4n) is 3.81. The third-order valence-electron chi connectivity index (χ3n) is 5.23. The van der Waals surface area contributed by atoms with Gasteiger partial charge in [-0.3, -0.25) is 14.5 Å². The second kappa shape index (κ2) is 8.93. The molecule has 0 spiro atoms. The van der Waals surface area contributed by atoms with Gasteiger partial charge in [0, 0.05) is 17.3 Å². The lowest BCUT2D eigenvalue weighted by molar-refractivity contribution is -0.274. The van der Waals surface area contributed by atoms with Crippen molar-refractivity contribution >= 4 is 23.1 Å². The zero-order valence-electron chi connectivity index (χ0n) is 17.7. The van der Waals surface area contributed by atoms with Gasteiger partial charge in [0.15, 0.2) is 0 Å². The fourth-order valence-corrected chi connectivity index (χ4v) is 3.81. The quantitative estimate of drug-likeness (QED) is 0.315. The molecule has 1 N–H and O–H groups in total. The van der Waals surface area contributed by atoms with Crippen LogP contribution in [-0.4, -0.2) is 30.3 Å². The number of amides is 1. The molecule has 6 nitrogen and oxygen atoms in total. The van der Waals surface area contributed by atoms with E-state index in [2.05, 4.69) is 4.74 Å². The highest BCUT2D eigenvalue weighted by Gasteiger charge is 2.47. The summed E-state index contributed by atoms with van der Waals surface area (Å²) >= 11 is 0. The molecular formula is C25H18F3NO5. The van der Waals surface area contributed by atoms with Crippen LogP contribution in [0, 0.1) is 0 Å². The van der Waals surface area contributed by atoms with Gasteiger partial charge in [-0.15, -0.1) is 13.2 Å². The van der Waals surface area contributed by atoms with Gasteiger partial charge in [0.2, 0.25) is 0 Å². The maximum Gasteiger partial charge on any atom is 0.573 e. The van der Waals surface area contributed by atoms with E-state index in [1.165, 1.54) is 19.2 Å². The van der Waals surface area contributed by atoms with Crippen LogP contribution < -0.4 is 14.4 Å². The standard InChI is InChI=1S/C25H18F3NO5/c1-33-18-11-5-9-16(13-18)21-20(22(30)15-7-3-2-4-8-15)23(31)24(32)29(21)17-10-6-12-19(14-17)34-25(26,27)28/h2-14,21,30H,1H3/b22-20+. The molecule has 1 aliphatic rings. The van der Waals surface area contributed by atoms with Crippen LogP contribution in [0.1, 0.15) is 17.2 Å². The summed E-state index contributed by atoms with van der Waals surface area (Å²) in [5.41, 5.74) is 0.510. The Morgan fingerprint density at radius 1 is 0.912 bits per heavy atom. The Balaban J connectivity index is 1.91. The predicted molar refractivity (Wildman–Crippen MR) is 117 cm³/mol.